The molecule has 172 valence electrons. The van der Waals surface area contributed by atoms with Crippen LogP contribution in [-0.2, 0) is 24.7 Å². The Morgan fingerprint density at radius 1 is 0.912 bits per heavy atom. The van der Waals surface area contributed by atoms with Gasteiger partial charge < -0.3 is 4.74 Å². The van der Waals surface area contributed by atoms with Gasteiger partial charge in [-0.2, -0.15) is 0 Å². The molecule has 2 aliphatic rings. The van der Waals surface area contributed by atoms with E-state index in [1.165, 1.54) is 7.11 Å². The van der Waals surface area contributed by atoms with Gasteiger partial charge in [-0.3, -0.25) is 14.9 Å². The summed E-state index contributed by atoms with van der Waals surface area (Å²) < 4.78 is 5.22. The third kappa shape index (κ3) is 3.33. The number of fused-ring (bicyclic) bond motifs is 1. The van der Waals surface area contributed by atoms with Gasteiger partial charge in [0.25, 0.3) is 0 Å². The zero-order chi connectivity index (χ0) is 24.0. The van der Waals surface area contributed by atoms with Crippen LogP contribution in [0.4, 0.5) is 5.69 Å². The molecule has 1 N–H and O–H groups in total. The summed E-state index contributed by atoms with van der Waals surface area (Å²) in [5.41, 5.74) is 0.0657. The number of hydrogen-bond donors (Lipinski definition) is 1. The Morgan fingerprint density at radius 3 is 2.26 bits per heavy atom. The summed E-state index contributed by atoms with van der Waals surface area (Å²) in [4.78, 5) is 42.4. The maximum atomic E-state index is 13.9. The molecular weight excluding hydrogens is 475 g/mol. The highest BCUT2D eigenvalue weighted by Gasteiger charge is 2.69. The Bertz CT molecular complexity index is 1280. The van der Waals surface area contributed by atoms with Crippen molar-refractivity contribution in [2.24, 2.45) is 11.8 Å². The molecule has 2 aliphatic heterocycles. The molecule has 4 atom stereocenters. The van der Waals surface area contributed by atoms with Crippen molar-refractivity contribution in [3.05, 3.63) is 100 Å². The second kappa shape index (κ2) is 8.55. The van der Waals surface area contributed by atoms with Gasteiger partial charge in [0.2, 0.25) is 11.8 Å². The molecule has 3 aromatic carbocycles. The predicted octanol–water partition coefficient (Wildman–Crippen LogP) is 4.51. The van der Waals surface area contributed by atoms with Crippen LogP contribution in [0, 0.1) is 11.8 Å². The molecule has 6 nitrogen and oxygen atoms in total. The highest BCUT2D eigenvalue weighted by Crippen LogP contribution is 2.54. The number of esters is 1. The Hall–Kier alpha value is -3.19. The molecular formula is C26H20Cl2N2O4. The van der Waals surface area contributed by atoms with Crippen molar-refractivity contribution in [3.63, 3.8) is 0 Å². The molecule has 3 aromatic rings. The van der Waals surface area contributed by atoms with Gasteiger partial charge in [0.05, 0.1) is 24.6 Å². The van der Waals surface area contributed by atoms with E-state index in [2.05, 4.69) is 5.32 Å². The number of halogens is 2. The molecule has 34 heavy (non-hydrogen) atoms. The first-order valence-corrected chi connectivity index (χ1v) is 11.4. The summed E-state index contributed by atoms with van der Waals surface area (Å²) in [7, 11) is 1.27. The normalized spacial score (nSPS) is 26.0. The molecule has 0 spiro atoms. The van der Waals surface area contributed by atoms with E-state index in [0.717, 1.165) is 4.90 Å². The summed E-state index contributed by atoms with van der Waals surface area (Å²) in [5, 5.41) is 4.30. The van der Waals surface area contributed by atoms with Crippen LogP contribution in [0.15, 0.2) is 78.9 Å². The molecule has 8 heteroatoms. The minimum absolute atomic E-state index is 0.394. The first kappa shape index (κ1) is 22.6. The van der Waals surface area contributed by atoms with Crippen molar-refractivity contribution < 1.29 is 19.1 Å². The molecule has 0 aromatic heterocycles. The fraction of sp³-hybridized carbons (Fsp3) is 0.192. The highest BCUT2D eigenvalue weighted by atomic mass is 35.5. The van der Waals surface area contributed by atoms with Crippen molar-refractivity contribution >= 4 is 46.7 Å². The maximum Gasteiger partial charge on any atom is 0.331 e. The summed E-state index contributed by atoms with van der Waals surface area (Å²) in [5.74, 6) is -3.42. The fourth-order valence-corrected chi connectivity index (χ4v) is 5.50. The van der Waals surface area contributed by atoms with Gasteiger partial charge in [-0.25, -0.2) is 9.69 Å². The van der Waals surface area contributed by atoms with Gasteiger partial charge in [0, 0.05) is 16.1 Å². The number of amides is 2. The molecule has 0 radical (unpaired) electrons. The molecule has 2 heterocycles. The molecule has 0 saturated carbocycles. The van der Waals surface area contributed by atoms with Gasteiger partial charge >= 0.3 is 5.97 Å². The van der Waals surface area contributed by atoms with E-state index in [1.54, 1.807) is 66.7 Å². The van der Waals surface area contributed by atoms with E-state index in [-0.39, 0.29) is 0 Å². The molecule has 0 aliphatic carbocycles. The SMILES string of the molecule is COC(=O)[C@]1(c2ccccc2)N[C@H](c2cccc(Cl)c2)[C@H]2C(=O)N(c3ccc(Cl)cc3)C(=O)[C@@H]21. The summed E-state index contributed by atoms with van der Waals surface area (Å²) in [6.07, 6.45) is 0. The summed E-state index contributed by atoms with van der Waals surface area (Å²) in [6.45, 7) is 0. The first-order chi connectivity index (χ1) is 16.4. The van der Waals surface area contributed by atoms with Crippen LogP contribution in [0.1, 0.15) is 17.2 Å². The molecule has 0 bridgehead atoms. The number of rotatable bonds is 4. The summed E-state index contributed by atoms with van der Waals surface area (Å²) >= 11 is 12.3. The minimum atomic E-state index is -1.57. The second-order valence-corrected chi connectivity index (χ2v) is 9.21. The van der Waals surface area contributed by atoms with Crippen molar-refractivity contribution in [1.82, 2.24) is 5.32 Å². The highest BCUT2D eigenvalue weighted by molar-refractivity contribution is 6.31. The van der Waals surface area contributed by atoms with Crippen LogP contribution in [-0.4, -0.2) is 24.9 Å². The van der Waals surface area contributed by atoms with Gasteiger partial charge in [-0.05, 0) is 47.5 Å². The smallest absolute Gasteiger partial charge is 0.331 e. The molecule has 2 amide bonds. The van der Waals surface area contributed by atoms with E-state index < -0.39 is 41.2 Å². The molecule has 2 saturated heterocycles. The number of nitrogens with zero attached hydrogens (tertiary/aromatic N) is 1. The first-order valence-electron chi connectivity index (χ1n) is 10.7. The van der Waals surface area contributed by atoms with Crippen LogP contribution < -0.4 is 10.2 Å². The van der Waals surface area contributed by atoms with E-state index in [9.17, 15) is 14.4 Å². The lowest BCUT2D eigenvalue weighted by molar-refractivity contribution is -0.152. The monoisotopic (exact) mass is 494 g/mol. The lowest BCUT2D eigenvalue weighted by Crippen LogP contribution is -2.53. The minimum Gasteiger partial charge on any atom is -0.467 e. The fourth-order valence-electron chi connectivity index (χ4n) is 5.17. The number of anilines is 1. The molecule has 2 fully saturated rings. The number of ether oxygens (including phenoxy) is 1. The zero-order valence-electron chi connectivity index (χ0n) is 18.1. The number of methoxy groups -OCH3 is 1. The molecule has 0 unspecified atom stereocenters. The average molecular weight is 495 g/mol. The van der Waals surface area contributed by atoms with Crippen molar-refractivity contribution in [1.29, 1.82) is 0 Å². The van der Waals surface area contributed by atoms with E-state index >= 15 is 0 Å². The van der Waals surface area contributed by atoms with E-state index in [4.69, 9.17) is 27.9 Å². The van der Waals surface area contributed by atoms with Crippen molar-refractivity contribution in [2.45, 2.75) is 11.6 Å². The van der Waals surface area contributed by atoms with Gasteiger partial charge in [0.1, 0.15) is 0 Å². The lowest BCUT2D eigenvalue weighted by Gasteiger charge is -2.33. The van der Waals surface area contributed by atoms with Crippen LogP contribution >= 0.6 is 23.2 Å². The number of benzene rings is 3. The lowest BCUT2D eigenvalue weighted by atomic mass is 9.75. The number of hydrogen-bond acceptors (Lipinski definition) is 5. The van der Waals surface area contributed by atoms with E-state index in [1.807, 2.05) is 12.1 Å². The number of carbonyl (C=O) groups excluding carboxylic acids is 3. The second-order valence-electron chi connectivity index (χ2n) is 8.33. The van der Waals surface area contributed by atoms with Crippen LogP contribution in [0.5, 0.6) is 0 Å². The quantitative estimate of drug-likeness (QED) is 0.426. The van der Waals surface area contributed by atoms with Crippen LogP contribution in [0.25, 0.3) is 0 Å². The Morgan fingerprint density at radius 2 is 1.62 bits per heavy atom. The van der Waals surface area contributed by atoms with Crippen molar-refractivity contribution in [3.8, 4) is 0 Å². The van der Waals surface area contributed by atoms with Gasteiger partial charge in [-0.1, -0.05) is 65.7 Å². The van der Waals surface area contributed by atoms with Gasteiger partial charge in [0.15, 0.2) is 5.54 Å². The van der Waals surface area contributed by atoms with Crippen molar-refractivity contribution in [2.75, 3.05) is 12.0 Å². The Balaban J connectivity index is 1.73. The maximum absolute atomic E-state index is 13.9. The standard InChI is InChI=1S/C26H20Cl2N2O4/c1-34-25(33)26(16-7-3-2-4-8-16)21-20(22(29-26)15-6-5-9-18(28)14-15)23(31)30(24(21)32)19-12-10-17(27)11-13-19/h2-14,20-22,29H,1H3/t20-,21+,22+,26+/m0/s1. The topological polar surface area (TPSA) is 75.7 Å². The molecule has 5 rings (SSSR count). The Kier molecular flexibility index (Phi) is 5.68. The average Bonchev–Trinajstić information content (AvgIpc) is 3.34. The third-order valence-electron chi connectivity index (χ3n) is 6.59. The van der Waals surface area contributed by atoms with E-state index in [0.29, 0.717) is 26.9 Å². The van der Waals surface area contributed by atoms with Crippen LogP contribution in [0.3, 0.4) is 0 Å². The van der Waals surface area contributed by atoms with Crippen LogP contribution in [0.2, 0.25) is 10.0 Å². The van der Waals surface area contributed by atoms with Gasteiger partial charge in [-0.15, -0.1) is 0 Å². The largest absolute Gasteiger partial charge is 0.467 e. The number of carbonyl (C=O) groups is 3. The number of imide groups is 1. The third-order valence-corrected chi connectivity index (χ3v) is 7.08. The summed E-state index contributed by atoms with van der Waals surface area (Å²) in [6, 6.07) is 21.7. The Labute approximate surface area is 206 Å². The number of nitrogens with one attached hydrogen (secondary N) is 1. The zero-order valence-corrected chi connectivity index (χ0v) is 19.6. The predicted molar refractivity (Wildman–Crippen MR) is 128 cm³/mol.